The fourth-order valence-electron chi connectivity index (χ4n) is 3.52. The van der Waals surface area contributed by atoms with Gasteiger partial charge in [0.05, 0.1) is 5.92 Å². The summed E-state index contributed by atoms with van der Waals surface area (Å²) in [5.74, 6) is 0.0581. The van der Waals surface area contributed by atoms with Crippen LogP contribution in [0.1, 0.15) is 32.6 Å². The highest BCUT2D eigenvalue weighted by atomic mass is 16.2. The van der Waals surface area contributed by atoms with E-state index in [1.807, 2.05) is 35.2 Å². The lowest BCUT2D eigenvalue weighted by Crippen LogP contribution is -2.40. The Morgan fingerprint density at radius 3 is 2.76 bits per heavy atom. The average molecular weight is 286 g/mol. The first-order valence-corrected chi connectivity index (χ1v) is 7.86. The lowest BCUT2D eigenvalue weighted by molar-refractivity contribution is -0.136. The number of carbonyl (C=O) groups excluding carboxylic acids is 2. The second-order valence-electron chi connectivity index (χ2n) is 5.98. The van der Waals surface area contributed by atoms with Gasteiger partial charge in [-0.2, -0.15) is 0 Å². The quantitative estimate of drug-likeness (QED) is 0.856. The highest BCUT2D eigenvalue weighted by Gasteiger charge is 2.39. The van der Waals surface area contributed by atoms with E-state index in [4.69, 9.17) is 0 Å². The summed E-state index contributed by atoms with van der Waals surface area (Å²) >= 11 is 0. The van der Waals surface area contributed by atoms with Gasteiger partial charge in [-0.05, 0) is 31.4 Å². The van der Waals surface area contributed by atoms with Crippen LogP contribution in [0.15, 0.2) is 30.3 Å². The van der Waals surface area contributed by atoms with Gasteiger partial charge in [0.1, 0.15) is 0 Å². The Balaban J connectivity index is 1.71. The molecule has 4 heteroatoms. The van der Waals surface area contributed by atoms with Crippen molar-refractivity contribution in [2.75, 3.05) is 18.0 Å². The summed E-state index contributed by atoms with van der Waals surface area (Å²) in [7, 11) is 0. The Bertz CT molecular complexity index is 529. The van der Waals surface area contributed by atoms with Gasteiger partial charge < -0.3 is 9.80 Å². The number of nitrogens with zero attached hydrogens (tertiary/aromatic N) is 2. The van der Waals surface area contributed by atoms with Crippen LogP contribution in [0.5, 0.6) is 0 Å². The van der Waals surface area contributed by atoms with Crippen molar-refractivity contribution in [3.63, 3.8) is 0 Å². The molecule has 112 valence electrons. The molecule has 0 aromatic heterocycles. The maximum atomic E-state index is 12.7. The van der Waals surface area contributed by atoms with Crippen LogP contribution in [0.25, 0.3) is 0 Å². The van der Waals surface area contributed by atoms with Crippen LogP contribution >= 0.6 is 0 Å². The molecule has 2 unspecified atom stereocenters. The van der Waals surface area contributed by atoms with E-state index in [2.05, 4.69) is 6.92 Å². The molecule has 2 atom stereocenters. The van der Waals surface area contributed by atoms with Crippen LogP contribution in [0.4, 0.5) is 5.69 Å². The van der Waals surface area contributed by atoms with E-state index >= 15 is 0 Å². The van der Waals surface area contributed by atoms with Crippen LogP contribution in [-0.4, -0.2) is 35.8 Å². The molecule has 0 radical (unpaired) electrons. The number of amides is 2. The number of hydrogen-bond donors (Lipinski definition) is 0. The molecule has 2 saturated heterocycles. The summed E-state index contributed by atoms with van der Waals surface area (Å²) < 4.78 is 0. The van der Waals surface area contributed by atoms with Gasteiger partial charge in [0.15, 0.2) is 0 Å². The Hall–Kier alpha value is -1.84. The Morgan fingerprint density at radius 1 is 1.29 bits per heavy atom. The van der Waals surface area contributed by atoms with Crippen LogP contribution in [0.2, 0.25) is 0 Å². The van der Waals surface area contributed by atoms with E-state index < -0.39 is 0 Å². The van der Waals surface area contributed by atoms with Crippen LogP contribution < -0.4 is 4.90 Å². The Labute approximate surface area is 125 Å². The Kier molecular flexibility index (Phi) is 3.95. The minimum Gasteiger partial charge on any atom is -0.339 e. The molecule has 0 N–H and O–H groups in total. The van der Waals surface area contributed by atoms with Crippen molar-refractivity contribution in [3.8, 4) is 0 Å². The summed E-state index contributed by atoms with van der Waals surface area (Å²) in [6.45, 7) is 3.51. The largest absolute Gasteiger partial charge is 0.339 e. The standard InChI is InChI=1S/C17H22N2O2/c1-2-14-9-6-10-18(14)17(21)13-11-16(20)19(12-13)15-7-4-3-5-8-15/h3-5,7-8,13-14H,2,6,9-12H2,1H3. The molecule has 21 heavy (non-hydrogen) atoms. The van der Waals surface area contributed by atoms with Crippen LogP contribution in [-0.2, 0) is 9.59 Å². The number of para-hydroxylation sites is 1. The maximum Gasteiger partial charge on any atom is 0.228 e. The van der Waals surface area contributed by atoms with Crippen molar-refractivity contribution in [2.24, 2.45) is 5.92 Å². The first-order valence-electron chi connectivity index (χ1n) is 7.86. The predicted octanol–water partition coefficient (Wildman–Crippen LogP) is 2.44. The van der Waals surface area contributed by atoms with Crippen molar-refractivity contribution in [1.82, 2.24) is 4.90 Å². The third-order valence-electron chi connectivity index (χ3n) is 4.67. The molecule has 1 aromatic rings. The van der Waals surface area contributed by atoms with Gasteiger partial charge in [0.25, 0.3) is 0 Å². The van der Waals surface area contributed by atoms with E-state index in [1.165, 1.54) is 0 Å². The Morgan fingerprint density at radius 2 is 2.05 bits per heavy atom. The smallest absolute Gasteiger partial charge is 0.228 e. The second kappa shape index (κ2) is 5.88. The lowest BCUT2D eigenvalue weighted by atomic mass is 10.1. The topological polar surface area (TPSA) is 40.6 Å². The number of likely N-dealkylation sites (tertiary alicyclic amines) is 1. The summed E-state index contributed by atoms with van der Waals surface area (Å²) in [6.07, 6.45) is 3.55. The van der Waals surface area contributed by atoms with E-state index in [0.717, 1.165) is 31.5 Å². The van der Waals surface area contributed by atoms with Crippen LogP contribution in [0.3, 0.4) is 0 Å². The first-order chi connectivity index (χ1) is 10.2. The van der Waals surface area contributed by atoms with Gasteiger partial charge in [-0.3, -0.25) is 9.59 Å². The normalized spacial score (nSPS) is 25.7. The van der Waals surface area contributed by atoms with Gasteiger partial charge in [-0.1, -0.05) is 25.1 Å². The lowest BCUT2D eigenvalue weighted by Gasteiger charge is -2.26. The molecule has 2 heterocycles. The molecule has 0 bridgehead atoms. The number of benzene rings is 1. The van der Waals surface area contributed by atoms with Gasteiger partial charge in [-0.25, -0.2) is 0 Å². The molecule has 2 fully saturated rings. The molecule has 0 spiro atoms. The van der Waals surface area contributed by atoms with E-state index in [9.17, 15) is 9.59 Å². The number of rotatable bonds is 3. The average Bonchev–Trinajstić information content (AvgIpc) is 3.13. The van der Waals surface area contributed by atoms with Crippen molar-refractivity contribution >= 4 is 17.5 Å². The highest BCUT2D eigenvalue weighted by Crippen LogP contribution is 2.29. The fraction of sp³-hybridized carbons (Fsp3) is 0.529. The molecular formula is C17H22N2O2. The monoisotopic (exact) mass is 286 g/mol. The third-order valence-corrected chi connectivity index (χ3v) is 4.67. The highest BCUT2D eigenvalue weighted by molar-refractivity contribution is 6.00. The SMILES string of the molecule is CCC1CCCN1C(=O)C1CC(=O)N(c2ccccc2)C1. The second-order valence-corrected chi connectivity index (χ2v) is 5.98. The summed E-state index contributed by atoms with van der Waals surface area (Å²) in [5.41, 5.74) is 0.895. The predicted molar refractivity (Wildman–Crippen MR) is 81.9 cm³/mol. The number of anilines is 1. The molecule has 4 nitrogen and oxygen atoms in total. The molecular weight excluding hydrogens is 264 g/mol. The fourth-order valence-corrected chi connectivity index (χ4v) is 3.52. The van der Waals surface area contributed by atoms with Gasteiger partial charge in [0.2, 0.25) is 11.8 Å². The van der Waals surface area contributed by atoms with Crippen molar-refractivity contribution < 1.29 is 9.59 Å². The van der Waals surface area contributed by atoms with Gasteiger partial charge in [-0.15, -0.1) is 0 Å². The van der Waals surface area contributed by atoms with Crippen molar-refractivity contribution in [3.05, 3.63) is 30.3 Å². The zero-order valence-electron chi connectivity index (χ0n) is 12.5. The number of carbonyl (C=O) groups is 2. The van der Waals surface area contributed by atoms with Crippen LogP contribution in [0, 0.1) is 5.92 Å². The van der Waals surface area contributed by atoms with Crippen molar-refractivity contribution in [1.29, 1.82) is 0 Å². The third kappa shape index (κ3) is 2.67. The maximum absolute atomic E-state index is 12.7. The molecule has 0 aliphatic carbocycles. The molecule has 2 aliphatic heterocycles. The molecule has 3 rings (SSSR count). The zero-order chi connectivity index (χ0) is 14.8. The van der Waals surface area contributed by atoms with Gasteiger partial charge >= 0.3 is 0 Å². The van der Waals surface area contributed by atoms with Gasteiger partial charge in [0, 0.05) is 31.2 Å². The van der Waals surface area contributed by atoms with E-state index in [1.54, 1.807) is 4.90 Å². The van der Waals surface area contributed by atoms with E-state index in [-0.39, 0.29) is 17.7 Å². The molecule has 2 amide bonds. The zero-order valence-corrected chi connectivity index (χ0v) is 12.5. The van der Waals surface area contributed by atoms with E-state index in [0.29, 0.717) is 19.0 Å². The summed E-state index contributed by atoms with van der Waals surface area (Å²) in [4.78, 5) is 28.7. The molecule has 0 saturated carbocycles. The molecule has 2 aliphatic rings. The molecule has 1 aromatic carbocycles. The summed E-state index contributed by atoms with van der Waals surface area (Å²) in [6, 6.07) is 10.0. The first kappa shape index (κ1) is 14.1. The minimum atomic E-state index is -0.176. The summed E-state index contributed by atoms with van der Waals surface area (Å²) in [5, 5.41) is 0. The van der Waals surface area contributed by atoms with Crippen molar-refractivity contribution in [2.45, 2.75) is 38.6 Å². The number of hydrogen-bond acceptors (Lipinski definition) is 2. The minimum absolute atomic E-state index is 0.0618.